The quantitative estimate of drug-likeness (QED) is 0.380. The third-order valence-corrected chi connectivity index (χ3v) is 1.26. The molecular weight excluding hydrogens is 142 g/mol. The Morgan fingerprint density at radius 1 is 1.73 bits per heavy atom. The van der Waals surface area contributed by atoms with Crippen molar-refractivity contribution in [1.29, 1.82) is 5.26 Å². The molecule has 0 rings (SSSR count). The third kappa shape index (κ3) is 4.15. The van der Waals surface area contributed by atoms with Crippen LogP contribution in [0, 0.1) is 11.3 Å². The average Bonchev–Trinajstić information content (AvgIpc) is 1.97. The predicted octanol–water partition coefficient (Wildman–Crippen LogP) is 1.71. The Bertz CT molecular complexity index is 201. The third-order valence-electron chi connectivity index (χ3n) is 1.26. The molecule has 3 heteroatoms. The molecule has 0 aliphatic rings. The van der Waals surface area contributed by atoms with Crippen LogP contribution in [-0.4, -0.2) is 11.1 Å². The fourth-order valence-electron chi connectivity index (χ4n) is 0.631. The van der Waals surface area contributed by atoms with Crippen LogP contribution in [0.1, 0.15) is 26.2 Å². The second-order valence-corrected chi connectivity index (χ2v) is 2.18. The highest BCUT2D eigenvalue weighted by molar-refractivity contribution is 5.90. The Labute approximate surface area is 66.0 Å². The summed E-state index contributed by atoms with van der Waals surface area (Å²) in [7, 11) is 0. The van der Waals surface area contributed by atoms with E-state index in [1.165, 1.54) is 6.08 Å². The molecular formula is C8H11NO2. The zero-order valence-corrected chi connectivity index (χ0v) is 6.50. The molecule has 11 heavy (non-hydrogen) atoms. The summed E-state index contributed by atoms with van der Waals surface area (Å²) in [6, 6.07) is 1.62. The van der Waals surface area contributed by atoms with Crippen LogP contribution in [0.2, 0.25) is 0 Å². The molecule has 0 heterocycles. The second-order valence-electron chi connectivity index (χ2n) is 2.18. The largest absolute Gasteiger partial charge is 0.477 e. The Kier molecular flexibility index (Phi) is 4.83. The zero-order valence-electron chi connectivity index (χ0n) is 6.50. The minimum absolute atomic E-state index is 0.154. The molecule has 0 saturated heterocycles. The number of rotatable bonds is 4. The van der Waals surface area contributed by atoms with E-state index in [0.717, 1.165) is 12.8 Å². The van der Waals surface area contributed by atoms with Gasteiger partial charge in [-0.2, -0.15) is 5.26 Å². The van der Waals surface area contributed by atoms with Crippen LogP contribution in [-0.2, 0) is 4.79 Å². The van der Waals surface area contributed by atoms with Gasteiger partial charge in [0, 0.05) is 0 Å². The van der Waals surface area contributed by atoms with Gasteiger partial charge >= 0.3 is 5.97 Å². The number of aliphatic carboxylic acids is 1. The second kappa shape index (κ2) is 5.48. The van der Waals surface area contributed by atoms with Crippen molar-refractivity contribution in [2.24, 2.45) is 0 Å². The summed E-state index contributed by atoms with van der Waals surface area (Å²) in [5, 5.41) is 16.7. The van der Waals surface area contributed by atoms with Crippen LogP contribution in [0.4, 0.5) is 0 Å². The lowest BCUT2D eigenvalue weighted by Crippen LogP contribution is -1.97. The van der Waals surface area contributed by atoms with E-state index >= 15 is 0 Å². The van der Waals surface area contributed by atoms with Crippen LogP contribution >= 0.6 is 0 Å². The van der Waals surface area contributed by atoms with E-state index in [1.807, 2.05) is 6.92 Å². The topological polar surface area (TPSA) is 61.1 Å². The van der Waals surface area contributed by atoms with Crippen molar-refractivity contribution < 1.29 is 9.90 Å². The number of unbranched alkanes of at least 4 members (excludes halogenated alkanes) is 2. The van der Waals surface area contributed by atoms with Gasteiger partial charge in [0.1, 0.15) is 11.6 Å². The van der Waals surface area contributed by atoms with Gasteiger partial charge in [-0.05, 0) is 6.42 Å². The Morgan fingerprint density at radius 2 is 2.36 bits per heavy atom. The Balaban J connectivity index is 3.95. The summed E-state index contributed by atoms with van der Waals surface area (Å²) in [4.78, 5) is 10.2. The van der Waals surface area contributed by atoms with Gasteiger partial charge in [0.05, 0.1) is 0 Å². The molecule has 0 amide bonds. The maximum Gasteiger partial charge on any atom is 0.346 e. The highest BCUT2D eigenvalue weighted by Gasteiger charge is 2.02. The molecule has 0 fully saturated rings. The van der Waals surface area contributed by atoms with Gasteiger partial charge in [-0.1, -0.05) is 25.8 Å². The summed E-state index contributed by atoms with van der Waals surface area (Å²) in [5.41, 5.74) is -0.154. The number of hydrogen-bond donors (Lipinski definition) is 1. The lowest BCUT2D eigenvalue weighted by Gasteiger charge is -1.89. The van der Waals surface area contributed by atoms with Crippen LogP contribution in [0.5, 0.6) is 0 Å². The minimum atomic E-state index is -1.14. The van der Waals surface area contributed by atoms with E-state index in [0.29, 0.717) is 6.42 Å². The fraction of sp³-hybridized carbons (Fsp3) is 0.500. The molecule has 0 aromatic rings. The number of carbonyl (C=O) groups is 1. The van der Waals surface area contributed by atoms with Crippen molar-refractivity contribution >= 4 is 5.97 Å². The van der Waals surface area contributed by atoms with Gasteiger partial charge < -0.3 is 5.11 Å². The van der Waals surface area contributed by atoms with Crippen molar-refractivity contribution in [3.05, 3.63) is 11.6 Å². The van der Waals surface area contributed by atoms with Crippen LogP contribution in [0.15, 0.2) is 11.6 Å². The first-order valence-corrected chi connectivity index (χ1v) is 3.56. The molecule has 0 atom stereocenters. The van der Waals surface area contributed by atoms with E-state index in [4.69, 9.17) is 10.4 Å². The van der Waals surface area contributed by atoms with Gasteiger partial charge in [0.25, 0.3) is 0 Å². The van der Waals surface area contributed by atoms with Gasteiger partial charge in [0.15, 0.2) is 0 Å². The highest BCUT2D eigenvalue weighted by atomic mass is 16.4. The summed E-state index contributed by atoms with van der Waals surface area (Å²) >= 11 is 0. The van der Waals surface area contributed by atoms with E-state index in [1.54, 1.807) is 6.07 Å². The molecule has 0 spiro atoms. The molecule has 0 aliphatic heterocycles. The number of carboxylic acid groups (broad SMARTS) is 1. The number of nitriles is 1. The Hall–Kier alpha value is -1.30. The van der Waals surface area contributed by atoms with Crippen LogP contribution in [0.25, 0.3) is 0 Å². The molecule has 0 unspecified atom stereocenters. The molecule has 0 bridgehead atoms. The van der Waals surface area contributed by atoms with Crippen LogP contribution in [0.3, 0.4) is 0 Å². The SMILES string of the molecule is CCCC/C=C(\C#N)C(=O)O. The lowest BCUT2D eigenvalue weighted by atomic mass is 10.2. The fourth-order valence-corrected chi connectivity index (χ4v) is 0.631. The van der Waals surface area contributed by atoms with E-state index in [9.17, 15) is 4.79 Å². The normalized spacial score (nSPS) is 10.7. The molecule has 1 N–H and O–H groups in total. The van der Waals surface area contributed by atoms with Gasteiger partial charge in [-0.25, -0.2) is 4.79 Å². The van der Waals surface area contributed by atoms with E-state index in [-0.39, 0.29) is 5.57 Å². The minimum Gasteiger partial charge on any atom is -0.477 e. The molecule has 0 saturated carbocycles. The number of hydrogen-bond acceptors (Lipinski definition) is 2. The maximum absolute atomic E-state index is 10.2. The Morgan fingerprint density at radius 3 is 2.73 bits per heavy atom. The molecule has 0 aromatic carbocycles. The zero-order chi connectivity index (χ0) is 8.69. The first-order valence-electron chi connectivity index (χ1n) is 3.56. The summed E-state index contributed by atoms with van der Waals surface area (Å²) in [5.74, 6) is -1.14. The maximum atomic E-state index is 10.2. The van der Waals surface area contributed by atoms with Gasteiger partial charge in [-0.3, -0.25) is 0 Å². The van der Waals surface area contributed by atoms with Crippen molar-refractivity contribution in [3.63, 3.8) is 0 Å². The van der Waals surface area contributed by atoms with Crippen molar-refractivity contribution in [2.75, 3.05) is 0 Å². The molecule has 60 valence electrons. The van der Waals surface area contributed by atoms with Crippen molar-refractivity contribution in [1.82, 2.24) is 0 Å². The summed E-state index contributed by atoms with van der Waals surface area (Å²) in [6.45, 7) is 2.01. The molecule has 0 aromatic heterocycles. The van der Waals surface area contributed by atoms with Gasteiger partial charge in [0.2, 0.25) is 0 Å². The predicted molar refractivity (Wildman–Crippen MR) is 40.9 cm³/mol. The summed E-state index contributed by atoms with van der Waals surface area (Å²) in [6.07, 6.45) is 4.07. The molecule has 0 radical (unpaired) electrons. The van der Waals surface area contributed by atoms with Gasteiger partial charge in [-0.15, -0.1) is 0 Å². The van der Waals surface area contributed by atoms with E-state index in [2.05, 4.69) is 0 Å². The highest BCUT2D eigenvalue weighted by Crippen LogP contribution is 2.00. The van der Waals surface area contributed by atoms with Crippen molar-refractivity contribution in [2.45, 2.75) is 26.2 Å². The lowest BCUT2D eigenvalue weighted by molar-refractivity contribution is -0.132. The van der Waals surface area contributed by atoms with Crippen LogP contribution < -0.4 is 0 Å². The number of allylic oxidation sites excluding steroid dienone is 1. The average molecular weight is 153 g/mol. The first-order chi connectivity index (χ1) is 5.22. The summed E-state index contributed by atoms with van der Waals surface area (Å²) < 4.78 is 0. The number of nitrogens with zero attached hydrogens (tertiary/aromatic N) is 1. The molecule has 3 nitrogen and oxygen atoms in total. The standard InChI is InChI=1S/C8H11NO2/c1-2-3-4-5-7(6-9)8(10)11/h5H,2-4H2,1H3,(H,10,11)/b7-5+. The number of carboxylic acids is 1. The smallest absolute Gasteiger partial charge is 0.346 e. The molecule has 0 aliphatic carbocycles. The van der Waals surface area contributed by atoms with E-state index < -0.39 is 5.97 Å². The van der Waals surface area contributed by atoms with Crippen molar-refractivity contribution in [3.8, 4) is 6.07 Å². The monoisotopic (exact) mass is 153 g/mol. The first kappa shape index (κ1) is 9.70.